The number of carbonyl (C=O) groups is 2. The monoisotopic (exact) mass is 627 g/mol. The van der Waals surface area contributed by atoms with Crippen molar-refractivity contribution in [2.24, 2.45) is 0 Å². The zero-order valence-corrected chi connectivity index (χ0v) is 27.2. The van der Waals surface area contributed by atoms with Crippen LogP contribution in [-0.4, -0.2) is 77.9 Å². The van der Waals surface area contributed by atoms with Gasteiger partial charge in [-0.3, -0.25) is 4.79 Å². The van der Waals surface area contributed by atoms with Gasteiger partial charge < -0.3 is 39.2 Å². The van der Waals surface area contributed by atoms with Crippen molar-refractivity contribution in [1.82, 2.24) is 19.4 Å². The smallest absolute Gasteiger partial charge is 0.410 e. The van der Waals surface area contributed by atoms with E-state index in [9.17, 15) is 9.59 Å². The molecule has 12 heteroatoms. The van der Waals surface area contributed by atoms with Crippen LogP contribution < -0.4 is 20.3 Å². The molecule has 0 bridgehead atoms. The van der Waals surface area contributed by atoms with E-state index in [0.29, 0.717) is 55.1 Å². The molecule has 2 N–H and O–H groups in total. The van der Waals surface area contributed by atoms with Gasteiger partial charge in [-0.15, -0.1) is 0 Å². The Morgan fingerprint density at radius 3 is 2.65 bits per heavy atom. The molecule has 242 valence electrons. The summed E-state index contributed by atoms with van der Waals surface area (Å²) >= 11 is 0. The van der Waals surface area contributed by atoms with Crippen molar-refractivity contribution in [3.8, 4) is 17.0 Å². The van der Waals surface area contributed by atoms with Crippen LogP contribution in [0.2, 0.25) is 0 Å². The quantitative estimate of drug-likeness (QED) is 0.210. The molecule has 3 heterocycles. The second-order valence-electron chi connectivity index (χ2n) is 12.0. The lowest BCUT2D eigenvalue weighted by molar-refractivity contribution is -0.111. The third-order valence-electron chi connectivity index (χ3n) is 7.58. The number of benzene rings is 2. The first-order chi connectivity index (χ1) is 22.0. The van der Waals surface area contributed by atoms with E-state index in [1.807, 2.05) is 57.0 Å². The number of ether oxygens (including phenoxy) is 3. The van der Waals surface area contributed by atoms with Gasteiger partial charge in [0.05, 0.1) is 48.8 Å². The largest absolute Gasteiger partial charge is 0.494 e. The van der Waals surface area contributed by atoms with E-state index < -0.39 is 11.7 Å². The third kappa shape index (κ3) is 7.07. The molecule has 2 aromatic heterocycles. The number of nitrogens with zero attached hydrogens (tertiary/aromatic N) is 5. The lowest BCUT2D eigenvalue weighted by Gasteiger charge is -2.28. The number of hydrogen-bond acceptors (Lipinski definition) is 9. The summed E-state index contributed by atoms with van der Waals surface area (Å²) < 4.78 is 19.4. The van der Waals surface area contributed by atoms with E-state index in [2.05, 4.69) is 38.9 Å². The minimum absolute atomic E-state index is 0.359. The van der Waals surface area contributed by atoms with Crippen LogP contribution in [0.4, 0.5) is 27.8 Å². The second kappa shape index (κ2) is 13.5. The Balaban J connectivity index is 1.44. The zero-order valence-electron chi connectivity index (χ0n) is 27.2. The molecule has 1 aliphatic rings. The van der Waals surface area contributed by atoms with Crippen LogP contribution in [0.3, 0.4) is 0 Å². The maximum Gasteiger partial charge on any atom is 0.410 e. The Kier molecular flexibility index (Phi) is 9.47. The Labute approximate surface area is 269 Å². The highest BCUT2D eigenvalue weighted by molar-refractivity contribution is 6.02. The molecule has 46 heavy (non-hydrogen) atoms. The van der Waals surface area contributed by atoms with E-state index >= 15 is 0 Å². The fourth-order valence-corrected chi connectivity index (χ4v) is 5.34. The standard InChI is InChI=1S/C34H41N7O5/c1-8-30(42)36-24-19-25(29(44-7)20-27(24)39(5)15-16-40(6)33(43)46-34(2,3)4)38-32-35-14-13-23(37-32)31-22-11-9-10-12-26(22)41-17-18-45-21-28(31)41/h8-14,19-20H,1,15-18,21H2,2-7H3,(H,36,42)(H,35,37,38). The molecular formula is C34H41N7O5. The number of fused-ring (bicyclic) bond motifs is 3. The Bertz CT molecular complexity index is 1760. The van der Waals surface area contributed by atoms with Crippen molar-refractivity contribution >= 4 is 45.9 Å². The molecular weight excluding hydrogens is 586 g/mol. The Morgan fingerprint density at radius 1 is 1.13 bits per heavy atom. The van der Waals surface area contributed by atoms with E-state index in [1.165, 1.54) is 11.0 Å². The average Bonchev–Trinajstić information content (AvgIpc) is 3.37. The number of likely N-dealkylation sites (N-methyl/N-ethyl adjacent to an activating group) is 2. The fourth-order valence-electron chi connectivity index (χ4n) is 5.34. The predicted molar refractivity (Wildman–Crippen MR) is 180 cm³/mol. The summed E-state index contributed by atoms with van der Waals surface area (Å²) in [6.07, 6.45) is 2.50. The lowest BCUT2D eigenvalue weighted by Crippen LogP contribution is -2.38. The number of rotatable bonds is 10. The molecule has 2 amide bonds. The van der Waals surface area contributed by atoms with Gasteiger partial charge in [0.2, 0.25) is 11.9 Å². The van der Waals surface area contributed by atoms with Gasteiger partial charge >= 0.3 is 6.09 Å². The summed E-state index contributed by atoms with van der Waals surface area (Å²) in [6, 6.07) is 13.8. The molecule has 0 radical (unpaired) electrons. The molecule has 0 saturated heterocycles. The summed E-state index contributed by atoms with van der Waals surface area (Å²) in [5.41, 5.74) is 5.14. The number of para-hydroxylation sites is 1. The Morgan fingerprint density at radius 2 is 1.91 bits per heavy atom. The molecule has 4 aromatic rings. The van der Waals surface area contributed by atoms with Crippen LogP contribution in [-0.2, 0) is 27.4 Å². The van der Waals surface area contributed by atoms with Gasteiger partial charge in [-0.2, -0.15) is 0 Å². The van der Waals surface area contributed by atoms with Crippen LogP contribution in [0, 0.1) is 0 Å². The highest BCUT2D eigenvalue weighted by Gasteiger charge is 2.24. The first kappa shape index (κ1) is 32.3. The van der Waals surface area contributed by atoms with Crippen LogP contribution in [0.5, 0.6) is 5.75 Å². The van der Waals surface area contributed by atoms with Gasteiger partial charge in [0, 0.05) is 62.5 Å². The van der Waals surface area contributed by atoms with Crippen LogP contribution in [0.25, 0.3) is 22.2 Å². The highest BCUT2D eigenvalue weighted by atomic mass is 16.6. The van der Waals surface area contributed by atoms with Crippen molar-refractivity contribution in [2.45, 2.75) is 39.5 Å². The van der Waals surface area contributed by atoms with Crippen LogP contribution in [0.15, 0.2) is 61.3 Å². The van der Waals surface area contributed by atoms with Crippen molar-refractivity contribution in [1.29, 1.82) is 0 Å². The Hall–Kier alpha value is -5.10. The van der Waals surface area contributed by atoms with Gasteiger partial charge in [0.1, 0.15) is 11.4 Å². The number of nitrogens with one attached hydrogen (secondary N) is 2. The summed E-state index contributed by atoms with van der Waals surface area (Å²) in [7, 11) is 5.12. The highest BCUT2D eigenvalue weighted by Crippen LogP contribution is 2.39. The zero-order chi connectivity index (χ0) is 33.0. The minimum atomic E-state index is -0.595. The van der Waals surface area contributed by atoms with Gasteiger partial charge in [0.25, 0.3) is 0 Å². The molecule has 0 fully saturated rings. The van der Waals surface area contributed by atoms with E-state index in [0.717, 1.165) is 34.4 Å². The maximum atomic E-state index is 12.5. The SMILES string of the molecule is C=CC(=O)Nc1cc(Nc2nccc(-c3c4n(c5ccccc35)CCOC4)n2)c(OC)cc1N(C)CCN(C)C(=O)OC(C)(C)C. The number of aromatic nitrogens is 3. The number of amides is 2. The number of carbonyl (C=O) groups excluding carboxylic acids is 2. The summed E-state index contributed by atoms with van der Waals surface area (Å²) in [6.45, 7) is 11.9. The van der Waals surface area contributed by atoms with Gasteiger partial charge in [-0.1, -0.05) is 24.8 Å². The summed E-state index contributed by atoms with van der Waals surface area (Å²) in [5, 5.41) is 7.28. The van der Waals surface area contributed by atoms with Gasteiger partial charge in [-0.25, -0.2) is 14.8 Å². The maximum absolute atomic E-state index is 12.5. The minimum Gasteiger partial charge on any atom is -0.494 e. The molecule has 12 nitrogen and oxygen atoms in total. The predicted octanol–water partition coefficient (Wildman–Crippen LogP) is 5.81. The first-order valence-electron chi connectivity index (χ1n) is 15.1. The molecule has 5 rings (SSSR count). The van der Waals surface area contributed by atoms with Crippen LogP contribution >= 0.6 is 0 Å². The lowest BCUT2D eigenvalue weighted by atomic mass is 10.1. The number of hydrogen-bond donors (Lipinski definition) is 2. The summed E-state index contributed by atoms with van der Waals surface area (Å²) in [5.74, 6) is 0.494. The first-order valence-corrected chi connectivity index (χ1v) is 15.1. The topological polar surface area (TPSA) is 123 Å². The van der Waals surface area contributed by atoms with Gasteiger partial charge in [0.15, 0.2) is 0 Å². The molecule has 1 aliphatic heterocycles. The molecule has 0 atom stereocenters. The molecule has 0 aliphatic carbocycles. The normalized spacial score (nSPS) is 12.7. The van der Waals surface area contributed by atoms with Crippen molar-refractivity contribution in [3.05, 3.63) is 67.0 Å². The number of methoxy groups -OCH3 is 1. The molecule has 2 aromatic carbocycles. The molecule has 0 spiro atoms. The second-order valence-corrected chi connectivity index (χ2v) is 12.0. The average molecular weight is 628 g/mol. The van der Waals surface area contributed by atoms with Crippen molar-refractivity contribution < 1.29 is 23.8 Å². The van der Waals surface area contributed by atoms with E-state index in [-0.39, 0.29) is 5.91 Å². The van der Waals surface area contributed by atoms with E-state index in [4.69, 9.17) is 19.2 Å². The third-order valence-corrected chi connectivity index (χ3v) is 7.58. The van der Waals surface area contributed by atoms with Crippen molar-refractivity contribution in [2.75, 3.05) is 56.4 Å². The molecule has 0 saturated carbocycles. The van der Waals surface area contributed by atoms with E-state index in [1.54, 1.807) is 26.4 Å². The van der Waals surface area contributed by atoms with Crippen molar-refractivity contribution in [3.63, 3.8) is 0 Å². The molecule has 0 unspecified atom stereocenters. The summed E-state index contributed by atoms with van der Waals surface area (Å²) in [4.78, 5) is 37.8. The van der Waals surface area contributed by atoms with Gasteiger partial charge in [-0.05, 0) is 45.0 Å². The number of anilines is 4. The fraction of sp³-hybridized carbons (Fsp3) is 0.353. The van der Waals surface area contributed by atoms with Crippen LogP contribution in [0.1, 0.15) is 26.5 Å².